The van der Waals surface area contributed by atoms with Crippen LogP contribution in [-0.2, 0) is 16.0 Å². The van der Waals surface area contributed by atoms with Crippen molar-refractivity contribution in [3.63, 3.8) is 0 Å². The van der Waals surface area contributed by atoms with Gasteiger partial charge in [-0.25, -0.2) is 0 Å². The zero-order valence-electron chi connectivity index (χ0n) is 12.5. The Balaban J connectivity index is 1.50. The second kappa shape index (κ2) is 6.58. The summed E-state index contributed by atoms with van der Waals surface area (Å²) in [6, 6.07) is 2.02. The van der Waals surface area contributed by atoms with Gasteiger partial charge >= 0.3 is 0 Å². The number of amides is 1. The molecule has 21 heavy (non-hydrogen) atoms. The van der Waals surface area contributed by atoms with Crippen molar-refractivity contribution in [1.29, 1.82) is 0 Å². The quantitative estimate of drug-likeness (QED) is 0.868. The highest BCUT2D eigenvalue weighted by Crippen LogP contribution is 2.20. The Labute approximate surface area is 124 Å². The van der Waals surface area contributed by atoms with E-state index in [1.807, 2.05) is 13.0 Å². The molecule has 0 unspecified atom stereocenters. The van der Waals surface area contributed by atoms with Crippen molar-refractivity contribution in [2.24, 2.45) is 5.92 Å². The molecule has 2 saturated heterocycles. The number of hydrogen-bond acceptors (Lipinski definition) is 5. The van der Waals surface area contributed by atoms with Gasteiger partial charge in [-0.05, 0) is 32.9 Å². The van der Waals surface area contributed by atoms with E-state index in [0.29, 0.717) is 19.8 Å². The normalized spacial score (nSPS) is 26.3. The zero-order valence-corrected chi connectivity index (χ0v) is 12.5. The van der Waals surface area contributed by atoms with Crippen LogP contribution in [0.2, 0.25) is 0 Å². The van der Waals surface area contributed by atoms with Crippen molar-refractivity contribution < 1.29 is 14.1 Å². The van der Waals surface area contributed by atoms with Gasteiger partial charge in [0.25, 0.3) is 0 Å². The van der Waals surface area contributed by atoms with Crippen LogP contribution in [0.25, 0.3) is 0 Å². The first-order valence-corrected chi connectivity index (χ1v) is 7.72. The summed E-state index contributed by atoms with van der Waals surface area (Å²) in [7, 11) is 0. The molecule has 1 amide bonds. The molecule has 2 atom stereocenters. The van der Waals surface area contributed by atoms with Crippen molar-refractivity contribution in [3.8, 4) is 0 Å². The van der Waals surface area contributed by atoms with Crippen LogP contribution >= 0.6 is 0 Å². The number of likely N-dealkylation sites (tertiary alicyclic amines) is 1. The summed E-state index contributed by atoms with van der Waals surface area (Å²) >= 11 is 0. The smallest absolute Gasteiger partial charge is 0.234 e. The molecule has 2 fully saturated rings. The average Bonchev–Trinajstić information content (AvgIpc) is 3.15. The largest absolute Gasteiger partial charge is 0.379 e. The van der Waals surface area contributed by atoms with Crippen LogP contribution in [0, 0.1) is 12.8 Å². The number of nitrogens with one attached hydrogen (secondary N) is 1. The predicted octanol–water partition coefficient (Wildman–Crippen LogP) is 0.753. The van der Waals surface area contributed by atoms with Crippen molar-refractivity contribution in [1.82, 2.24) is 15.4 Å². The molecule has 3 rings (SSSR count). The number of aromatic nitrogens is 1. The molecule has 0 spiro atoms. The molecule has 6 nitrogen and oxygen atoms in total. The van der Waals surface area contributed by atoms with Gasteiger partial charge in [0, 0.05) is 18.4 Å². The van der Waals surface area contributed by atoms with Gasteiger partial charge in [-0.3, -0.25) is 9.69 Å². The Morgan fingerprint density at radius 1 is 1.43 bits per heavy atom. The molecule has 0 saturated carbocycles. The van der Waals surface area contributed by atoms with E-state index in [0.717, 1.165) is 31.0 Å². The van der Waals surface area contributed by atoms with Gasteiger partial charge in [-0.2, -0.15) is 0 Å². The minimum absolute atomic E-state index is 0.0745. The molecule has 116 valence electrons. The minimum Gasteiger partial charge on any atom is -0.379 e. The Bertz CT molecular complexity index is 482. The van der Waals surface area contributed by atoms with E-state index in [-0.39, 0.29) is 17.9 Å². The lowest BCUT2D eigenvalue weighted by atomic mass is 9.98. The summed E-state index contributed by atoms with van der Waals surface area (Å²) in [4.78, 5) is 14.3. The van der Waals surface area contributed by atoms with Crippen molar-refractivity contribution in [2.75, 3.05) is 32.8 Å². The van der Waals surface area contributed by atoms with Gasteiger partial charge in [0.1, 0.15) is 5.76 Å². The van der Waals surface area contributed by atoms with Crippen LogP contribution in [0.3, 0.4) is 0 Å². The molecule has 3 heterocycles. The lowest BCUT2D eigenvalue weighted by Crippen LogP contribution is -2.45. The summed E-state index contributed by atoms with van der Waals surface area (Å²) in [5, 5.41) is 7.02. The van der Waals surface area contributed by atoms with E-state index in [4.69, 9.17) is 9.26 Å². The lowest BCUT2D eigenvalue weighted by molar-refractivity contribution is -0.123. The topological polar surface area (TPSA) is 67.6 Å². The lowest BCUT2D eigenvalue weighted by Gasteiger charge is -2.20. The first kappa shape index (κ1) is 14.5. The SMILES string of the molecule is Cc1cc(C[C@@H]2COC[C@@H]2NC(=O)CN2CCCC2)on1. The first-order valence-electron chi connectivity index (χ1n) is 7.72. The number of carbonyl (C=O) groups is 1. The van der Waals surface area contributed by atoms with Gasteiger partial charge in [0.05, 0.1) is 31.5 Å². The second-order valence-corrected chi connectivity index (χ2v) is 6.09. The molecule has 6 heteroatoms. The van der Waals surface area contributed by atoms with Crippen LogP contribution in [0.1, 0.15) is 24.3 Å². The molecule has 0 aliphatic carbocycles. The number of aryl methyl sites for hydroxylation is 1. The number of nitrogens with zero attached hydrogens (tertiary/aromatic N) is 2. The number of carbonyl (C=O) groups excluding carboxylic acids is 1. The maximum absolute atomic E-state index is 12.1. The number of hydrogen-bond donors (Lipinski definition) is 1. The van der Waals surface area contributed by atoms with Crippen molar-refractivity contribution in [3.05, 3.63) is 17.5 Å². The summed E-state index contributed by atoms with van der Waals surface area (Å²) in [6.45, 7) is 5.74. The third kappa shape index (κ3) is 3.83. The Morgan fingerprint density at radius 2 is 2.24 bits per heavy atom. The van der Waals surface area contributed by atoms with E-state index in [9.17, 15) is 4.79 Å². The molecule has 0 bridgehead atoms. The van der Waals surface area contributed by atoms with Gasteiger partial charge in [0.2, 0.25) is 5.91 Å². The van der Waals surface area contributed by atoms with Gasteiger partial charge in [0.15, 0.2) is 0 Å². The molecule has 0 radical (unpaired) electrons. The molecular weight excluding hydrogens is 270 g/mol. The molecule has 1 aromatic rings. The highest BCUT2D eigenvalue weighted by molar-refractivity contribution is 5.78. The molecular formula is C15H23N3O3. The monoisotopic (exact) mass is 293 g/mol. The third-order valence-corrected chi connectivity index (χ3v) is 4.25. The number of rotatable bonds is 5. The van der Waals surface area contributed by atoms with Crippen LogP contribution < -0.4 is 5.32 Å². The Morgan fingerprint density at radius 3 is 2.95 bits per heavy atom. The fraction of sp³-hybridized carbons (Fsp3) is 0.733. The van der Waals surface area contributed by atoms with Crippen molar-refractivity contribution in [2.45, 2.75) is 32.2 Å². The number of ether oxygens (including phenoxy) is 1. The van der Waals surface area contributed by atoms with Crippen LogP contribution in [0.5, 0.6) is 0 Å². The average molecular weight is 293 g/mol. The second-order valence-electron chi connectivity index (χ2n) is 6.09. The fourth-order valence-corrected chi connectivity index (χ4v) is 3.13. The van der Waals surface area contributed by atoms with Crippen LogP contribution in [-0.4, -0.2) is 54.9 Å². The minimum atomic E-state index is 0.0745. The molecule has 2 aliphatic rings. The highest BCUT2D eigenvalue weighted by Gasteiger charge is 2.31. The van der Waals surface area contributed by atoms with E-state index in [2.05, 4.69) is 15.4 Å². The Hall–Kier alpha value is -1.40. The van der Waals surface area contributed by atoms with Gasteiger partial charge in [-0.15, -0.1) is 0 Å². The first-order chi connectivity index (χ1) is 10.2. The van der Waals surface area contributed by atoms with E-state index >= 15 is 0 Å². The standard InChI is InChI=1S/C15H23N3O3/c1-11-6-13(21-17-11)7-12-9-20-10-14(12)16-15(19)8-18-4-2-3-5-18/h6,12,14H,2-5,7-10H2,1H3,(H,16,19)/t12-,14+/m1/s1. The van der Waals surface area contributed by atoms with Crippen LogP contribution in [0.15, 0.2) is 10.6 Å². The summed E-state index contributed by atoms with van der Waals surface area (Å²) in [6.07, 6.45) is 3.16. The molecule has 0 aromatic carbocycles. The highest BCUT2D eigenvalue weighted by atomic mass is 16.5. The van der Waals surface area contributed by atoms with Crippen molar-refractivity contribution >= 4 is 5.91 Å². The van der Waals surface area contributed by atoms with Gasteiger partial charge in [-0.1, -0.05) is 5.16 Å². The molecule has 1 aromatic heterocycles. The van der Waals surface area contributed by atoms with E-state index in [1.54, 1.807) is 0 Å². The van der Waals surface area contributed by atoms with Gasteiger partial charge < -0.3 is 14.6 Å². The maximum Gasteiger partial charge on any atom is 0.234 e. The van der Waals surface area contributed by atoms with E-state index < -0.39 is 0 Å². The third-order valence-electron chi connectivity index (χ3n) is 4.25. The summed E-state index contributed by atoms with van der Waals surface area (Å²) in [5.41, 5.74) is 0.888. The summed E-state index contributed by atoms with van der Waals surface area (Å²) < 4.78 is 10.8. The molecule has 2 aliphatic heterocycles. The predicted molar refractivity (Wildman–Crippen MR) is 76.9 cm³/mol. The maximum atomic E-state index is 12.1. The summed E-state index contributed by atoms with van der Waals surface area (Å²) in [5.74, 6) is 1.23. The molecule has 1 N–H and O–H groups in total. The van der Waals surface area contributed by atoms with Crippen LogP contribution in [0.4, 0.5) is 0 Å². The van der Waals surface area contributed by atoms with E-state index in [1.165, 1.54) is 12.8 Å². The zero-order chi connectivity index (χ0) is 14.7. The fourth-order valence-electron chi connectivity index (χ4n) is 3.13. The Kier molecular flexibility index (Phi) is 4.55.